The zero-order valence-electron chi connectivity index (χ0n) is 13.7. The maximum atomic E-state index is 12.2. The molecule has 2 fully saturated rings. The first-order chi connectivity index (χ1) is 11.8. The van der Waals surface area contributed by atoms with Crippen molar-refractivity contribution < 1.29 is 9.53 Å². The molecule has 0 spiro atoms. The Labute approximate surface area is 141 Å². The number of rotatable bonds is 4. The minimum Gasteiger partial charge on any atom is -0.378 e. The van der Waals surface area contributed by atoms with Crippen molar-refractivity contribution in [3.05, 3.63) is 42.1 Å². The third-order valence-corrected chi connectivity index (χ3v) is 4.98. The molecular formula is C19H23N3O2. The standard InChI is InChI=1S/C19H23N3O2/c23-19(22-15-8-10-24-18(11-15)13-5-6-13)21-12-14-7-9-20-17-4-2-1-3-16(14)17/h1-4,7,9,13,15,18H,5-6,8,10-12H2,(H2,21,22,23)/t15-,18-/m0/s1. The van der Waals surface area contributed by atoms with Gasteiger partial charge in [0.25, 0.3) is 0 Å². The molecular weight excluding hydrogens is 302 g/mol. The minimum atomic E-state index is -0.0997. The molecule has 2 heterocycles. The summed E-state index contributed by atoms with van der Waals surface area (Å²) in [6.45, 7) is 1.26. The van der Waals surface area contributed by atoms with Crippen LogP contribution in [0.5, 0.6) is 0 Å². The van der Waals surface area contributed by atoms with Gasteiger partial charge in [-0.15, -0.1) is 0 Å². The molecule has 2 aliphatic rings. The predicted molar refractivity (Wildman–Crippen MR) is 92.6 cm³/mol. The van der Waals surface area contributed by atoms with E-state index >= 15 is 0 Å². The highest BCUT2D eigenvalue weighted by atomic mass is 16.5. The van der Waals surface area contributed by atoms with E-state index in [1.165, 1.54) is 12.8 Å². The molecule has 1 saturated carbocycles. The van der Waals surface area contributed by atoms with E-state index in [4.69, 9.17) is 4.74 Å². The van der Waals surface area contributed by atoms with E-state index in [2.05, 4.69) is 15.6 Å². The molecule has 2 aromatic rings. The third-order valence-electron chi connectivity index (χ3n) is 4.98. The van der Waals surface area contributed by atoms with Crippen molar-refractivity contribution >= 4 is 16.9 Å². The molecule has 2 atom stereocenters. The Morgan fingerprint density at radius 1 is 1.21 bits per heavy atom. The van der Waals surface area contributed by atoms with Crippen LogP contribution in [0.4, 0.5) is 4.79 Å². The maximum absolute atomic E-state index is 12.2. The highest BCUT2D eigenvalue weighted by Gasteiger charge is 2.36. The van der Waals surface area contributed by atoms with Gasteiger partial charge in [0.05, 0.1) is 11.6 Å². The number of nitrogens with one attached hydrogen (secondary N) is 2. The molecule has 0 bridgehead atoms. The number of pyridine rings is 1. The van der Waals surface area contributed by atoms with Crippen molar-refractivity contribution in [2.24, 2.45) is 5.92 Å². The summed E-state index contributed by atoms with van der Waals surface area (Å²) in [5.41, 5.74) is 2.03. The van der Waals surface area contributed by atoms with Crippen LogP contribution in [0, 0.1) is 5.92 Å². The van der Waals surface area contributed by atoms with Crippen LogP contribution in [-0.4, -0.2) is 29.8 Å². The Morgan fingerprint density at radius 3 is 2.96 bits per heavy atom. The van der Waals surface area contributed by atoms with Gasteiger partial charge in [-0.05, 0) is 49.3 Å². The topological polar surface area (TPSA) is 63.2 Å². The largest absolute Gasteiger partial charge is 0.378 e. The fraction of sp³-hybridized carbons (Fsp3) is 0.474. The van der Waals surface area contributed by atoms with Gasteiger partial charge in [-0.1, -0.05) is 18.2 Å². The number of fused-ring (bicyclic) bond motifs is 1. The molecule has 4 rings (SSSR count). The lowest BCUT2D eigenvalue weighted by atomic mass is 10.0. The van der Waals surface area contributed by atoms with Crippen molar-refractivity contribution in [1.29, 1.82) is 0 Å². The van der Waals surface area contributed by atoms with Gasteiger partial charge in [0.15, 0.2) is 0 Å². The van der Waals surface area contributed by atoms with E-state index in [1.54, 1.807) is 6.20 Å². The second-order valence-corrected chi connectivity index (χ2v) is 6.78. The van der Waals surface area contributed by atoms with E-state index in [-0.39, 0.29) is 12.1 Å². The number of amides is 2. The summed E-state index contributed by atoms with van der Waals surface area (Å²) in [6.07, 6.45) is 6.52. The number of carbonyl (C=O) groups is 1. The molecule has 0 unspecified atom stereocenters. The molecule has 5 nitrogen and oxygen atoms in total. The fourth-order valence-electron chi connectivity index (χ4n) is 3.48. The highest BCUT2D eigenvalue weighted by molar-refractivity contribution is 5.82. The SMILES string of the molecule is O=C(NCc1ccnc2ccccc12)N[C@H]1CCO[C@H](C2CC2)C1. The van der Waals surface area contributed by atoms with Crippen LogP contribution in [0.3, 0.4) is 0 Å². The number of hydrogen-bond donors (Lipinski definition) is 2. The number of aromatic nitrogens is 1. The smallest absolute Gasteiger partial charge is 0.315 e. The third kappa shape index (κ3) is 3.51. The summed E-state index contributed by atoms with van der Waals surface area (Å²) in [5, 5.41) is 7.17. The van der Waals surface area contributed by atoms with Gasteiger partial charge in [-0.2, -0.15) is 0 Å². The Bertz CT molecular complexity index is 724. The monoisotopic (exact) mass is 325 g/mol. The Kier molecular flexibility index (Phi) is 4.34. The van der Waals surface area contributed by atoms with Crippen LogP contribution in [0.15, 0.2) is 36.5 Å². The summed E-state index contributed by atoms with van der Waals surface area (Å²) in [7, 11) is 0. The van der Waals surface area contributed by atoms with Gasteiger partial charge in [0, 0.05) is 30.8 Å². The first-order valence-corrected chi connectivity index (χ1v) is 8.78. The van der Waals surface area contributed by atoms with E-state index in [0.29, 0.717) is 12.6 Å². The number of benzene rings is 1. The van der Waals surface area contributed by atoms with Gasteiger partial charge in [0.2, 0.25) is 0 Å². The number of nitrogens with zero attached hydrogens (tertiary/aromatic N) is 1. The normalized spacial score (nSPS) is 23.8. The molecule has 2 amide bonds. The Morgan fingerprint density at radius 2 is 2.08 bits per heavy atom. The lowest BCUT2D eigenvalue weighted by Crippen LogP contribution is -2.46. The van der Waals surface area contributed by atoms with Gasteiger partial charge in [-0.3, -0.25) is 4.98 Å². The lowest BCUT2D eigenvalue weighted by Gasteiger charge is -2.30. The van der Waals surface area contributed by atoms with Crippen molar-refractivity contribution in [1.82, 2.24) is 15.6 Å². The number of urea groups is 1. The van der Waals surface area contributed by atoms with Crippen molar-refractivity contribution in [3.8, 4) is 0 Å². The number of carbonyl (C=O) groups excluding carboxylic acids is 1. The molecule has 1 aromatic heterocycles. The fourth-order valence-corrected chi connectivity index (χ4v) is 3.48. The molecule has 1 aromatic carbocycles. The first kappa shape index (κ1) is 15.4. The molecule has 1 aliphatic carbocycles. The molecule has 0 radical (unpaired) electrons. The Balaban J connectivity index is 1.32. The predicted octanol–water partition coefficient (Wildman–Crippen LogP) is 2.99. The molecule has 1 aliphatic heterocycles. The quantitative estimate of drug-likeness (QED) is 0.908. The zero-order valence-corrected chi connectivity index (χ0v) is 13.7. The highest BCUT2D eigenvalue weighted by Crippen LogP contribution is 2.38. The molecule has 1 saturated heterocycles. The number of ether oxygens (including phenoxy) is 1. The van der Waals surface area contributed by atoms with Gasteiger partial charge < -0.3 is 15.4 Å². The Hall–Kier alpha value is -2.14. The summed E-state index contributed by atoms with van der Waals surface area (Å²) in [6, 6.07) is 10.1. The van der Waals surface area contributed by atoms with Crippen LogP contribution < -0.4 is 10.6 Å². The number of para-hydroxylation sites is 1. The van der Waals surface area contributed by atoms with Crippen LogP contribution in [0.25, 0.3) is 10.9 Å². The van der Waals surface area contributed by atoms with E-state index in [0.717, 1.165) is 41.8 Å². The molecule has 24 heavy (non-hydrogen) atoms. The van der Waals surface area contributed by atoms with E-state index < -0.39 is 0 Å². The first-order valence-electron chi connectivity index (χ1n) is 8.78. The average molecular weight is 325 g/mol. The van der Waals surface area contributed by atoms with Crippen LogP contribution in [-0.2, 0) is 11.3 Å². The van der Waals surface area contributed by atoms with E-state index in [9.17, 15) is 4.79 Å². The molecule has 126 valence electrons. The minimum absolute atomic E-state index is 0.0997. The molecule has 5 heteroatoms. The maximum Gasteiger partial charge on any atom is 0.315 e. The number of hydrogen-bond acceptors (Lipinski definition) is 3. The average Bonchev–Trinajstić information content (AvgIpc) is 3.45. The lowest BCUT2D eigenvalue weighted by molar-refractivity contribution is -0.00914. The summed E-state index contributed by atoms with van der Waals surface area (Å²) in [4.78, 5) is 16.6. The van der Waals surface area contributed by atoms with Gasteiger partial charge >= 0.3 is 6.03 Å². The van der Waals surface area contributed by atoms with Crippen LogP contribution in [0.1, 0.15) is 31.2 Å². The van der Waals surface area contributed by atoms with Crippen LogP contribution >= 0.6 is 0 Å². The summed E-state index contributed by atoms with van der Waals surface area (Å²) in [5.74, 6) is 0.723. The van der Waals surface area contributed by atoms with Crippen molar-refractivity contribution in [3.63, 3.8) is 0 Å². The second kappa shape index (κ2) is 6.77. The van der Waals surface area contributed by atoms with Crippen molar-refractivity contribution in [2.45, 2.75) is 44.4 Å². The van der Waals surface area contributed by atoms with Gasteiger partial charge in [-0.25, -0.2) is 4.79 Å². The van der Waals surface area contributed by atoms with Gasteiger partial charge in [0.1, 0.15) is 0 Å². The van der Waals surface area contributed by atoms with Crippen molar-refractivity contribution in [2.75, 3.05) is 6.61 Å². The zero-order chi connectivity index (χ0) is 16.4. The second-order valence-electron chi connectivity index (χ2n) is 6.78. The van der Waals surface area contributed by atoms with E-state index in [1.807, 2.05) is 30.3 Å². The van der Waals surface area contributed by atoms with Crippen LogP contribution in [0.2, 0.25) is 0 Å². The summed E-state index contributed by atoms with van der Waals surface area (Å²) < 4.78 is 5.81. The molecule has 2 N–H and O–H groups in total. The summed E-state index contributed by atoms with van der Waals surface area (Å²) >= 11 is 0.